The van der Waals surface area contributed by atoms with Gasteiger partial charge in [-0.15, -0.1) is 0 Å². The molecule has 0 spiro atoms. The molecule has 1 amide bonds. The fraction of sp³-hybridized carbons (Fsp3) is 0.562. The van der Waals surface area contributed by atoms with Gasteiger partial charge in [-0.3, -0.25) is 9.69 Å². The van der Waals surface area contributed by atoms with Crippen LogP contribution in [0.4, 0.5) is 0 Å². The highest BCUT2D eigenvalue weighted by atomic mass is 16.5. The van der Waals surface area contributed by atoms with Crippen molar-refractivity contribution >= 4 is 5.91 Å². The van der Waals surface area contributed by atoms with Crippen LogP contribution < -0.4 is 5.32 Å². The smallest absolute Gasteiger partial charge is 0.246 e. The van der Waals surface area contributed by atoms with Crippen LogP contribution in [-0.4, -0.2) is 43.2 Å². The summed E-state index contributed by atoms with van der Waals surface area (Å²) in [7, 11) is 0. The minimum Gasteiger partial charge on any atom is -0.368 e. The predicted molar refractivity (Wildman–Crippen MR) is 79.4 cm³/mol. The number of hydrogen-bond donors (Lipinski definition) is 1. The van der Waals surface area contributed by atoms with Gasteiger partial charge in [-0.1, -0.05) is 30.3 Å². The summed E-state index contributed by atoms with van der Waals surface area (Å²) in [5.74, 6) is -0.0146. The van der Waals surface area contributed by atoms with Gasteiger partial charge in [-0.25, -0.2) is 0 Å². The van der Waals surface area contributed by atoms with Gasteiger partial charge < -0.3 is 10.1 Å². The normalized spacial score (nSPS) is 17.1. The van der Waals surface area contributed by atoms with E-state index in [1.165, 1.54) is 5.56 Å². The lowest BCUT2D eigenvalue weighted by atomic mass is 10.1. The van der Waals surface area contributed by atoms with E-state index in [4.69, 9.17) is 4.74 Å². The second-order valence-electron chi connectivity index (χ2n) is 5.23. The highest BCUT2D eigenvalue weighted by Crippen LogP contribution is 2.16. The van der Waals surface area contributed by atoms with Crippen molar-refractivity contribution < 1.29 is 9.53 Å². The maximum Gasteiger partial charge on any atom is 0.246 e. The SMILES string of the molecule is CCNC(=O)COC1CCN(Cc2ccccc2)CC1. The van der Waals surface area contributed by atoms with Crippen LogP contribution in [0.3, 0.4) is 0 Å². The quantitative estimate of drug-likeness (QED) is 0.861. The largest absolute Gasteiger partial charge is 0.368 e. The Balaban J connectivity index is 1.66. The molecule has 1 heterocycles. The highest BCUT2D eigenvalue weighted by Gasteiger charge is 2.20. The number of hydrogen-bond acceptors (Lipinski definition) is 3. The molecule has 4 heteroatoms. The van der Waals surface area contributed by atoms with Gasteiger partial charge in [0.25, 0.3) is 0 Å². The van der Waals surface area contributed by atoms with E-state index >= 15 is 0 Å². The molecule has 0 aliphatic carbocycles. The van der Waals surface area contributed by atoms with E-state index in [0.29, 0.717) is 6.54 Å². The van der Waals surface area contributed by atoms with E-state index in [2.05, 4.69) is 34.5 Å². The van der Waals surface area contributed by atoms with E-state index in [0.717, 1.165) is 32.5 Å². The molecule has 0 aromatic heterocycles. The Hall–Kier alpha value is -1.39. The summed E-state index contributed by atoms with van der Waals surface area (Å²) in [5.41, 5.74) is 1.36. The van der Waals surface area contributed by atoms with Crippen molar-refractivity contribution in [2.24, 2.45) is 0 Å². The van der Waals surface area contributed by atoms with Crippen molar-refractivity contribution in [1.82, 2.24) is 10.2 Å². The number of likely N-dealkylation sites (tertiary alicyclic amines) is 1. The van der Waals surface area contributed by atoms with Crippen molar-refractivity contribution in [1.29, 1.82) is 0 Å². The first-order chi connectivity index (χ1) is 9.78. The fourth-order valence-electron chi connectivity index (χ4n) is 2.52. The molecular weight excluding hydrogens is 252 g/mol. The van der Waals surface area contributed by atoms with Crippen molar-refractivity contribution in [3.8, 4) is 0 Å². The van der Waals surface area contributed by atoms with Crippen LogP contribution in [0.5, 0.6) is 0 Å². The summed E-state index contributed by atoms with van der Waals surface area (Å²) >= 11 is 0. The van der Waals surface area contributed by atoms with E-state index in [1.54, 1.807) is 0 Å². The molecule has 2 rings (SSSR count). The van der Waals surface area contributed by atoms with Gasteiger partial charge in [-0.05, 0) is 25.3 Å². The molecule has 1 N–H and O–H groups in total. The van der Waals surface area contributed by atoms with Crippen LogP contribution in [0.2, 0.25) is 0 Å². The number of rotatable bonds is 6. The van der Waals surface area contributed by atoms with Crippen molar-refractivity contribution in [2.75, 3.05) is 26.2 Å². The number of ether oxygens (including phenoxy) is 1. The summed E-state index contributed by atoms with van der Waals surface area (Å²) in [5, 5.41) is 2.75. The molecule has 0 unspecified atom stereocenters. The minimum absolute atomic E-state index is 0.0146. The first-order valence-corrected chi connectivity index (χ1v) is 7.42. The van der Waals surface area contributed by atoms with Crippen LogP contribution in [0.15, 0.2) is 30.3 Å². The van der Waals surface area contributed by atoms with Gasteiger partial charge in [0.2, 0.25) is 5.91 Å². The number of benzene rings is 1. The molecular formula is C16H24N2O2. The van der Waals surface area contributed by atoms with Crippen molar-refractivity contribution in [3.05, 3.63) is 35.9 Å². The molecule has 4 nitrogen and oxygen atoms in total. The zero-order valence-electron chi connectivity index (χ0n) is 12.2. The molecule has 0 saturated carbocycles. The Kier molecular flexibility index (Phi) is 6.02. The maximum absolute atomic E-state index is 11.3. The number of nitrogens with one attached hydrogen (secondary N) is 1. The molecule has 110 valence electrons. The second-order valence-corrected chi connectivity index (χ2v) is 5.23. The highest BCUT2D eigenvalue weighted by molar-refractivity contribution is 5.77. The molecule has 1 aliphatic rings. The Labute approximate surface area is 121 Å². The van der Waals surface area contributed by atoms with E-state index in [1.807, 2.05) is 13.0 Å². The number of nitrogens with zero attached hydrogens (tertiary/aromatic N) is 1. The lowest BCUT2D eigenvalue weighted by Crippen LogP contribution is -2.38. The standard InChI is InChI=1S/C16H24N2O2/c1-2-17-16(19)13-20-15-8-10-18(11-9-15)12-14-6-4-3-5-7-14/h3-7,15H,2,8-13H2,1H3,(H,17,19). The summed E-state index contributed by atoms with van der Waals surface area (Å²) in [4.78, 5) is 13.8. The number of carbonyl (C=O) groups is 1. The van der Waals surface area contributed by atoms with Gasteiger partial charge in [0, 0.05) is 26.2 Å². The summed E-state index contributed by atoms with van der Waals surface area (Å²) in [6, 6.07) is 10.5. The van der Waals surface area contributed by atoms with E-state index in [9.17, 15) is 4.79 Å². The third kappa shape index (κ3) is 4.94. The fourth-order valence-corrected chi connectivity index (χ4v) is 2.52. The number of carbonyl (C=O) groups excluding carboxylic acids is 1. The Morgan fingerprint density at radius 1 is 1.30 bits per heavy atom. The molecule has 1 saturated heterocycles. The predicted octanol–water partition coefficient (Wildman–Crippen LogP) is 1.80. The van der Waals surface area contributed by atoms with Gasteiger partial charge >= 0.3 is 0 Å². The van der Waals surface area contributed by atoms with Crippen molar-refractivity contribution in [2.45, 2.75) is 32.4 Å². The third-order valence-corrected chi connectivity index (χ3v) is 3.61. The Bertz CT molecular complexity index is 400. The van der Waals surface area contributed by atoms with Crippen LogP contribution in [0.1, 0.15) is 25.3 Å². The maximum atomic E-state index is 11.3. The molecule has 1 fully saturated rings. The molecule has 0 atom stereocenters. The summed E-state index contributed by atoms with van der Waals surface area (Å²) in [6.45, 7) is 5.85. The average Bonchev–Trinajstić information content (AvgIpc) is 2.48. The number of piperidine rings is 1. The second kappa shape index (κ2) is 8.02. The van der Waals surface area contributed by atoms with Gasteiger partial charge in [0.05, 0.1) is 6.10 Å². The van der Waals surface area contributed by atoms with Gasteiger partial charge in [0.15, 0.2) is 0 Å². The van der Waals surface area contributed by atoms with Crippen LogP contribution in [0.25, 0.3) is 0 Å². The zero-order chi connectivity index (χ0) is 14.2. The lowest BCUT2D eigenvalue weighted by Gasteiger charge is -2.31. The molecule has 1 aromatic rings. The van der Waals surface area contributed by atoms with Gasteiger partial charge in [0.1, 0.15) is 6.61 Å². The first-order valence-electron chi connectivity index (χ1n) is 7.42. The monoisotopic (exact) mass is 276 g/mol. The van der Waals surface area contributed by atoms with Crippen LogP contribution >= 0.6 is 0 Å². The summed E-state index contributed by atoms with van der Waals surface area (Å²) in [6.07, 6.45) is 2.24. The minimum atomic E-state index is -0.0146. The van der Waals surface area contributed by atoms with E-state index in [-0.39, 0.29) is 18.6 Å². The Morgan fingerprint density at radius 3 is 2.65 bits per heavy atom. The number of likely N-dealkylation sites (N-methyl/N-ethyl adjacent to an activating group) is 1. The van der Waals surface area contributed by atoms with E-state index < -0.39 is 0 Å². The molecule has 0 radical (unpaired) electrons. The molecule has 1 aliphatic heterocycles. The summed E-state index contributed by atoms with van der Waals surface area (Å²) < 4.78 is 5.66. The number of amides is 1. The van der Waals surface area contributed by atoms with Crippen molar-refractivity contribution in [3.63, 3.8) is 0 Å². The molecule has 0 bridgehead atoms. The molecule has 1 aromatic carbocycles. The van der Waals surface area contributed by atoms with Crippen LogP contribution in [0, 0.1) is 0 Å². The first kappa shape index (κ1) is 15.0. The average molecular weight is 276 g/mol. The molecule has 20 heavy (non-hydrogen) atoms. The van der Waals surface area contributed by atoms with Crippen LogP contribution in [-0.2, 0) is 16.1 Å². The zero-order valence-corrected chi connectivity index (χ0v) is 12.2. The topological polar surface area (TPSA) is 41.6 Å². The van der Waals surface area contributed by atoms with Gasteiger partial charge in [-0.2, -0.15) is 0 Å². The third-order valence-electron chi connectivity index (χ3n) is 3.61. The lowest BCUT2D eigenvalue weighted by molar-refractivity contribution is -0.128. The Morgan fingerprint density at radius 2 is 2.00 bits per heavy atom.